The molecular formula is C15H21BrN2OS2. The average molecular weight is 389 g/mol. The standard InChI is InChI=1S/C15H21BrN2OS2/c1-10-9-11(21-12(10)16)13(19)18-15(14(17)20)7-5-3-2-4-6-8-15/h9H,2-8H2,1H3,(H2,17,20)(H,18,19). The van der Waals surface area contributed by atoms with Gasteiger partial charge in [-0.05, 0) is 47.3 Å². The van der Waals surface area contributed by atoms with E-state index in [1.807, 2.05) is 13.0 Å². The summed E-state index contributed by atoms with van der Waals surface area (Å²) in [5, 5.41) is 3.14. The fourth-order valence-corrected chi connectivity index (χ4v) is 4.48. The van der Waals surface area contributed by atoms with Crippen molar-refractivity contribution in [1.82, 2.24) is 5.32 Å². The van der Waals surface area contributed by atoms with Gasteiger partial charge in [0.15, 0.2) is 0 Å². The lowest BCUT2D eigenvalue weighted by Crippen LogP contribution is -2.56. The first-order chi connectivity index (χ1) is 9.94. The third-order valence-corrected chi connectivity index (χ3v) is 6.64. The van der Waals surface area contributed by atoms with E-state index in [1.54, 1.807) is 0 Å². The molecule has 116 valence electrons. The molecule has 0 radical (unpaired) electrons. The van der Waals surface area contributed by atoms with Gasteiger partial charge in [-0.2, -0.15) is 0 Å². The van der Waals surface area contributed by atoms with E-state index in [-0.39, 0.29) is 5.91 Å². The molecule has 1 amide bonds. The van der Waals surface area contributed by atoms with Crippen LogP contribution in [0.4, 0.5) is 0 Å². The number of thiocarbonyl (C=S) groups is 1. The number of halogens is 1. The van der Waals surface area contributed by atoms with E-state index in [0.717, 1.165) is 35.0 Å². The van der Waals surface area contributed by atoms with Crippen LogP contribution in [-0.2, 0) is 0 Å². The molecule has 1 aliphatic carbocycles. The van der Waals surface area contributed by atoms with Gasteiger partial charge in [-0.25, -0.2) is 0 Å². The molecule has 0 bridgehead atoms. The number of thiophene rings is 1. The highest BCUT2D eigenvalue weighted by molar-refractivity contribution is 9.11. The second-order valence-corrected chi connectivity index (χ2v) is 8.55. The van der Waals surface area contributed by atoms with Gasteiger partial charge in [0, 0.05) is 0 Å². The van der Waals surface area contributed by atoms with Crippen LogP contribution in [0, 0.1) is 6.92 Å². The zero-order valence-corrected chi connectivity index (χ0v) is 15.4. The predicted molar refractivity (Wildman–Crippen MR) is 96.1 cm³/mol. The summed E-state index contributed by atoms with van der Waals surface area (Å²) in [6.45, 7) is 1.98. The van der Waals surface area contributed by atoms with Gasteiger partial charge < -0.3 is 11.1 Å². The molecule has 1 aliphatic rings. The quantitative estimate of drug-likeness (QED) is 0.757. The Morgan fingerprint density at radius 3 is 2.38 bits per heavy atom. The van der Waals surface area contributed by atoms with Crippen LogP contribution in [0.25, 0.3) is 0 Å². The number of aryl methyl sites for hydroxylation is 1. The average Bonchev–Trinajstić information content (AvgIpc) is 2.73. The summed E-state index contributed by atoms with van der Waals surface area (Å²) in [5.41, 5.74) is 6.55. The van der Waals surface area contributed by atoms with Crippen molar-refractivity contribution in [2.75, 3.05) is 0 Å². The summed E-state index contributed by atoms with van der Waals surface area (Å²) < 4.78 is 0.995. The van der Waals surface area contributed by atoms with Crippen molar-refractivity contribution in [3.8, 4) is 0 Å². The minimum atomic E-state index is -0.517. The van der Waals surface area contributed by atoms with Crippen LogP contribution in [-0.4, -0.2) is 16.4 Å². The number of nitrogens with two attached hydrogens (primary N) is 1. The Bertz CT molecular complexity index is 514. The van der Waals surface area contributed by atoms with E-state index >= 15 is 0 Å². The van der Waals surface area contributed by atoms with Gasteiger partial charge in [0.05, 0.1) is 19.2 Å². The van der Waals surface area contributed by atoms with Gasteiger partial charge in [-0.3, -0.25) is 4.79 Å². The van der Waals surface area contributed by atoms with Gasteiger partial charge in [0.25, 0.3) is 5.91 Å². The molecule has 0 unspecified atom stereocenters. The molecule has 0 spiro atoms. The molecule has 0 aromatic carbocycles. The third kappa shape index (κ3) is 4.05. The summed E-state index contributed by atoms with van der Waals surface area (Å²) in [5.74, 6) is -0.0674. The van der Waals surface area contributed by atoms with Crippen LogP contribution in [0.5, 0.6) is 0 Å². The molecule has 1 aromatic heterocycles. The van der Waals surface area contributed by atoms with Crippen molar-refractivity contribution in [3.05, 3.63) is 20.3 Å². The van der Waals surface area contributed by atoms with Gasteiger partial charge in [-0.15, -0.1) is 11.3 Å². The van der Waals surface area contributed by atoms with Crippen molar-refractivity contribution in [2.45, 2.75) is 57.4 Å². The first kappa shape index (κ1) is 16.9. The summed E-state index contributed by atoms with van der Waals surface area (Å²) in [6.07, 6.45) is 7.45. The van der Waals surface area contributed by atoms with E-state index in [0.29, 0.717) is 9.87 Å². The topological polar surface area (TPSA) is 55.1 Å². The minimum Gasteiger partial charge on any atom is -0.391 e. The Morgan fingerprint density at radius 1 is 1.33 bits per heavy atom. The highest BCUT2D eigenvalue weighted by Gasteiger charge is 2.35. The van der Waals surface area contributed by atoms with Crippen molar-refractivity contribution in [2.24, 2.45) is 5.73 Å². The molecule has 21 heavy (non-hydrogen) atoms. The molecule has 2 rings (SSSR count). The second-order valence-electron chi connectivity index (χ2n) is 5.74. The number of nitrogens with one attached hydrogen (secondary N) is 1. The Hall–Kier alpha value is -0.460. The van der Waals surface area contributed by atoms with E-state index in [1.165, 1.54) is 30.6 Å². The first-order valence-corrected chi connectivity index (χ1v) is 9.35. The molecule has 3 nitrogen and oxygen atoms in total. The zero-order valence-electron chi connectivity index (χ0n) is 12.2. The van der Waals surface area contributed by atoms with E-state index < -0.39 is 5.54 Å². The van der Waals surface area contributed by atoms with Crippen molar-refractivity contribution >= 4 is 50.4 Å². The summed E-state index contributed by atoms with van der Waals surface area (Å²) >= 11 is 10.2. The zero-order chi connectivity index (χ0) is 15.5. The highest BCUT2D eigenvalue weighted by atomic mass is 79.9. The van der Waals surface area contributed by atoms with E-state index in [4.69, 9.17) is 18.0 Å². The Labute approximate surface area is 143 Å². The fourth-order valence-electron chi connectivity index (χ4n) is 2.79. The smallest absolute Gasteiger partial charge is 0.262 e. The van der Waals surface area contributed by atoms with Crippen molar-refractivity contribution in [3.63, 3.8) is 0 Å². The minimum absolute atomic E-state index is 0.0674. The molecule has 1 heterocycles. The Balaban J connectivity index is 2.18. The van der Waals surface area contributed by atoms with Crippen LogP contribution in [0.2, 0.25) is 0 Å². The maximum absolute atomic E-state index is 12.5. The summed E-state index contributed by atoms with van der Waals surface area (Å²) in [4.78, 5) is 13.7. The maximum Gasteiger partial charge on any atom is 0.262 e. The van der Waals surface area contributed by atoms with E-state index in [9.17, 15) is 4.79 Å². The Kier molecular flexibility index (Phi) is 5.80. The third-order valence-electron chi connectivity index (χ3n) is 4.11. The maximum atomic E-state index is 12.5. The molecule has 3 N–H and O–H groups in total. The number of rotatable bonds is 3. The van der Waals surface area contributed by atoms with Crippen LogP contribution in [0.3, 0.4) is 0 Å². The SMILES string of the molecule is Cc1cc(C(=O)NC2(C(N)=S)CCCCCCC2)sc1Br. The Morgan fingerprint density at radius 2 is 1.90 bits per heavy atom. The van der Waals surface area contributed by atoms with Gasteiger partial charge in [0.1, 0.15) is 0 Å². The molecule has 1 aromatic rings. The van der Waals surface area contributed by atoms with Crippen LogP contribution < -0.4 is 11.1 Å². The first-order valence-electron chi connectivity index (χ1n) is 7.33. The lowest BCUT2D eigenvalue weighted by atomic mass is 9.83. The molecule has 0 atom stereocenters. The lowest BCUT2D eigenvalue weighted by Gasteiger charge is -2.35. The second kappa shape index (κ2) is 7.20. The molecule has 1 saturated carbocycles. The monoisotopic (exact) mass is 388 g/mol. The number of carbonyl (C=O) groups is 1. The number of amides is 1. The predicted octanol–water partition coefficient (Wildman–Crippen LogP) is 4.32. The number of hydrogen-bond donors (Lipinski definition) is 2. The van der Waals surface area contributed by atoms with Gasteiger partial charge >= 0.3 is 0 Å². The molecular weight excluding hydrogens is 368 g/mol. The number of hydrogen-bond acceptors (Lipinski definition) is 3. The summed E-state index contributed by atoms with van der Waals surface area (Å²) in [7, 11) is 0. The van der Waals surface area contributed by atoms with Crippen LogP contribution >= 0.6 is 39.5 Å². The van der Waals surface area contributed by atoms with Crippen molar-refractivity contribution in [1.29, 1.82) is 0 Å². The number of carbonyl (C=O) groups excluding carboxylic acids is 1. The van der Waals surface area contributed by atoms with Crippen molar-refractivity contribution < 1.29 is 4.79 Å². The van der Waals surface area contributed by atoms with Crippen LogP contribution in [0.15, 0.2) is 9.85 Å². The lowest BCUT2D eigenvalue weighted by molar-refractivity contribution is 0.0917. The van der Waals surface area contributed by atoms with Gasteiger partial charge in [-0.1, -0.05) is 44.3 Å². The fraction of sp³-hybridized carbons (Fsp3) is 0.600. The molecule has 1 fully saturated rings. The normalized spacial score (nSPS) is 18.6. The largest absolute Gasteiger partial charge is 0.391 e. The highest BCUT2D eigenvalue weighted by Crippen LogP contribution is 2.30. The molecule has 0 aliphatic heterocycles. The molecule has 6 heteroatoms. The van der Waals surface area contributed by atoms with Gasteiger partial charge in [0.2, 0.25) is 0 Å². The summed E-state index contributed by atoms with van der Waals surface area (Å²) in [6, 6.07) is 1.90. The van der Waals surface area contributed by atoms with Crippen LogP contribution in [0.1, 0.15) is 60.2 Å². The van der Waals surface area contributed by atoms with E-state index in [2.05, 4.69) is 21.2 Å². The molecule has 0 saturated heterocycles.